The minimum absolute atomic E-state index is 0.467. The molecule has 1 fully saturated rings. The molecule has 0 radical (unpaired) electrons. The quantitative estimate of drug-likeness (QED) is 0.394. The Kier molecular flexibility index (Phi) is 6.65. The number of benzene rings is 2. The van der Waals surface area contributed by atoms with Crippen LogP contribution in [-0.4, -0.2) is 52.3 Å². The molecule has 6 rings (SSSR count). The topological polar surface area (TPSA) is 64.4 Å². The van der Waals surface area contributed by atoms with Crippen LogP contribution < -0.4 is 10.1 Å². The minimum atomic E-state index is 0.467. The molecule has 2 aromatic carbocycles. The molecule has 2 aliphatic heterocycles. The van der Waals surface area contributed by atoms with Crippen molar-refractivity contribution in [1.29, 1.82) is 0 Å². The zero-order valence-corrected chi connectivity index (χ0v) is 20.4. The zero-order valence-electron chi connectivity index (χ0n) is 20.4. The minimum Gasteiger partial charge on any atom is -0.492 e. The van der Waals surface area contributed by atoms with Crippen LogP contribution in [0.4, 0.5) is 11.6 Å². The second-order valence-corrected chi connectivity index (χ2v) is 9.34. The second-order valence-electron chi connectivity index (χ2n) is 9.34. The van der Waals surface area contributed by atoms with Crippen LogP contribution in [-0.2, 0) is 17.9 Å². The summed E-state index contributed by atoms with van der Waals surface area (Å²) in [5.74, 6) is 1.42. The van der Waals surface area contributed by atoms with E-state index in [1.54, 1.807) is 6.20 Å². The van der Waals surface area contributed by atoms with Gasteiger partial charge in [0.2, 0.25) is 5.95 Å². The average molecular weight is 482 g/mol. The van der Waals surface area contributed by atoms with E-state index in [1.165, 1.54) is 36.8 Å². The highest BCUT2D eigenvalue weighted by atomic mass is 16.5. The number of ether oxygens (including phenoxy) is 2. The first-order valence-corrected chi connectivity index (χ1v) is 12.7. The van der Waals surface area contributed by atoms with Gasteiger partial charge in [0.1, 0.15) is 12.4 Å². The second kappa shape index (κ2) is 10.5. The van der Waals surface area contributed by atoms with E-state index in [4.69, 9.17) is 14.5 Å². The monoisotopic (exact) mass is 481 g/mol. The maximum absolute atomic E-state index is 6.19. The molecule has 4 aromatic rings. The average Bonchev–Trinajstić information content (AvgIpc) is 3.57. The summed E-state index contributed by atoms with van der Waals surface area (Å²) in [5.41, 5.74) is 5.04. The Bertz CT molecular complexity index is 1370. The summed E-state index contributed by atoms with van der Waals surface area (Å²) < 4.78 is 14.4. The Morgan fingerprint density at radius 2 is 1.94 bits per heavy atom. The third-order valence-corrected chi connectivity index (χ3v) is 6.85. The van der Waals surface area contributed by atoms with Crippen molar-refractivity contribution in [2.24, 2.45) is 0 Å². The predicted molar refractivity (Wildman–Crippen MR) is 143 cm³/mol. The lowest BCUT2D eigenvalue weighted by Gasteiger charge is -2.17. The SMILES string of the molecule is C1=C\Cn2ccc3ccc(cc32)-c2ccnc(n2)Nc2ccc(OCCN3CCCC3)c(c2)COC/1. The van der Waals surface area contributed by atoms with Crippen molar-refractivity contribution in [3.8, 4) is 17.0 Å². The number of nitrogens with one attached hydrogen (secondary N) is 1. The van der Waals surface area contributed by atoms with E-state index >= 15 is 0 Å². The summed E-state index contributed by atoms with van der Waals surface area (Å²) in [6, 6.07) is 16.6. The first-order chi connectivity index (χ1) is 17.8. The lowest BCUT2D eigenvalue weighted by Crippen LogP contribution is -2.25. The molecule has 184 valence electrons. The van der Waals surface area contributed by atoms with Gasteiger partial charge in [0, 0.05) is 47.8 Å². The van der Waals surface area contributed by atoms with Crippen molar-refractivity contribution in [3.05, 3.63) is 78.6 Å². The van der Waals surface area contributed by atoms with E-state index in [-0.39, 0.29) is 0 Å². The number of rotatable bonds is 4. The smallest absolute Gasteiger partial charge is 0.227 e. The van der Waals surface area contributed by atoms with Gasteiger partial charge in [-0.1, -0.05) is 24.3 Å². The lowest BCUT2D eigenvalue weighted by molar-refractivity contribution is 0.144. The number of nitrogens with zero attached hydrogens (tertiary/aromatic N) is 4. The molecule has 0 spiro atoms. The molecule has 7 nitrogen and oxygen atoms in total. The molecule has 6 bridgehead atoms. The molecule has 1 N–H and O–H groups in total. The van der Waals surface area contributed by atoms with Crippen molar-refractivity contribution in [3.63, 3.8) is 0 Å². The molecule has 0 saturated carbocycles. The molecule has 2 aromatic heterocycles. The Balaban J connectivity index is 1.28. The van der Waals surface area contributed by atoms with Crippen LogP contribution in [0.5, 0.6) is 5.75 Å². The molecular formula is C29H31N5O2. The molecule has 0 aliphatic carbocycles. The van der Waals surface area contributed by atoms with Gasteiger partial charge >= 0.3 is 0 Å². The summed E-state index contributed by atoms with van der Waals surface area (Å²) in [5, 5.41) is 4.58. The van der Waals surface area contributed by atoms with Crippen LogP contribution in [0.2, 0.25) is 0 Å². The largest absolute Gasteiger partial charge is 0.492 e. The Morgan fingerprint density at radius 3 is 2.89 bits per heavy atom. The fraction of sp³-hybridized carbons (Fsp3) is 0.310. The highest BCUT2D eigenvalue weighted by Crippen LogP contribution is 2.28. The summed E-state index contributed by atoms with van der Waals surface area (Å²) in [7, 11) is 0. The number of fused-ring (bicyclic) bond motifs is 6. The number of allylic oxidation sites excluding steroid dienone is 1. The molecule has 1 saturated heterocycles. The van der Waals surface area contributed by atoms with Crippen LogP contribution >= 0.6 is 0 Å². The molecule has 4 heterocycles. The van der Waals surface area contributed by atoms with Gasteiger partial charge in [0.05, 0.1) is 18.9 Å². The lowest BCUT2D eigenvalue weighted by atomic mass is 10.1. The van der Waals surface area contributed by atoms with E-state index < -0.39 is 0 Å². The first kappa shape index (κ1) is 22.8. The predicted octanol–water partition coefficient (Wildman–Crippen LogP) is 5.40. The maximum atomic E-state index is 6.19. The Morgan fingerprint density at radius 1 is 1.00 bits per heavy atom. The van der Waals surface area contributed by atoms with Gasteiger partial charge in [-0.15, -0.1) is 0 Å². The van der Waals surface area contributed by atoms with Gasteiger partial charge in [-0.3, -0.25) is 4.90 Å². The van der Waals surface area contributed by atoms with E-state index in [9.17, 15) is 0 Å². The normalized spacial score (nSPS) is 17.1. The van der Waals surface area contributed by atoms with Crippen molar-refractivity contribution in [1.82, 2.24) is 19.4 Å². The number of anilines is 2. The summed E-state index contributed by atoms with van der Waals surface area (Å²) in [6.45, 7) is 5.77. The van der Waals surface area contributed by atoms with Gasteiger partial charge < -0.3 is 19.4 Å². The number of hydrogen-bond donors (Lipinski definition) is 1. The van der Waals surface area contributed by atoms with Gasteiger partial charge in [-0.25, -0.2) is 9.97 Å². The summed E-state index contributed by atoms with van der Waals surface area (Å²) in [4.78, 5) is 11.7. The standard InChI is InChI=1S/C29H31N5O2/c1-2-13-33(12-1)16-18-36-28-8-7-25-19-24(28)21-35-17-4-3-14-34-15-10-22-5-6-23(20-27(22)34)26-9-11-30-29(31-25)32-26/h3-11,15,19-20H,1-2,12-14,16-18,21H2,(H,30,31,32)/b4-3-. The van der Waals surface area contributed by atoms with Crippen molar-refractivity contribution >= 4 is 22.5 Å². The van der Waals surface area contributed by atoms with E-state index in [0.717, 1.165) is 41.3 Å². The van der Waals surface area contributed by atoms with E-state index in [2.05, 4.69) is 68.4 Å². The van der Waals surface area contributed by atoms with Crippen LogP contribution in [0.25, 0.3) is 22.2 Å². The van der Waals surface area contributed by atoms with E-state index in [1.807, 2.05) is 18.2 Å². The fourth-order valence-electron chi connectivity index (χ4n) is 4.91. The molecular weight excluding hydrogens is 450 g/mol. The molecule has 0 unspecified atom stereocenters. The highest BCUT2D eigenvalue weighted by molar-refractivity contribution is 5.85. The van der Waals surface area contributed by atoms with Crippen molar-refractivity contribution in [2.75, 3.05) is 38.2 Å². The van der Waals surface area contributed by atoms with Gasteiger partial charge in [-0.2, -0.15) is 0 Å². The first-order valence-electron chi connectivity index (χ1n) is 12.7. The van der Waals surface area contributed by atoms with Crippen LogP contribution in [0, 0.1) is 0 Å². The van der Waals surface area contributed by atoms with Gasteiger partial charge in [0.15, 0.2) is 0 Å². The molecule has 36 heavy (non-hydrogen) atoms. The number of hydrogen-bond acceptors (Lipinski definition) is 6. The zero-order chi connectivity index (χ0) is 24.2. The number of likely N-dealkylation sites (tertiary alicyclic amines) is 1. The fourth-order valence-corrected chi connectivity index (χ4v) is 4.91. The maximum Gasteiger partial charge on any atom is 0.227 e. The van der Waals surface area contributed by atoms with Gasteiger partial charge in [-0.05, 0) is 67.7 Å². The van der Waals surface area contributed by atoms with Crippen LogP contribution in [0.1, 0.15) is 18.4 Å². The Labute approximate surface area is 211 Å². The summed E-state index contributed by atoms with van der Waals surface area (Å²) in [6.07, 6.45) is 10.7. The highest BCUT2D eigenvalue weighted by Gasteiger charge is 2.13. The van der Waals surface area contributed by atoms with Crippen molar-refractivity contribution < 1.29 is 9.47 Å². The van der Waals surface area contributed by atoms with Gasteiger partial charge in [0.25, 0.3) is 0 Å². The van der Waals surface area contributed by atoms with Crippen LogP contribution in [0.3, 0.4) is 0 Å². The van der Waals surface area contributed by atoms with E-state index in [0.29, 0.717) is 25.8 Å². The molecule has 0 atom stereocenters. The molecule has 7 heteroatoms. The number of aromatic nitrogens is 3. The van der Waals surface area contributed by atoms with Crippen LogP contribution in [0.15, 0.2) is 73.1 Å². The third kappa shape index (κ3) is 5.12. The Hall–Kier alpha value is -3.68. The third-order valence-electron chi connectivity index (χ3n) is 6.85. The molecule has 2 aliphatic rings. The van der Waals surface area contributed by atoms with Crippen molar-refractivity contribution in [2.45, 2.75) is 26.0 Å². The summed E-state index contributed by atoms with van der Waals surface area (Å²) >= 11 is 0. The molecule has 0 amide bonds.